The van der Waals surface area contributed by atoms with Crippen molar-refractivity contribution in [1.29, 1.82) is 0 Å². The van der Waals surface area contributed by atoms with E-state index in [9.17, 15) is 0 Å². The third-order valence-electron chi connectivity index (χ3n) is 7.09. The van der Waals surface area contributed by atoms with Crippen molar-refractivity contribution in [3.63, 3.8) is 0 Å². The van der Waals surface area contributed by atoms with Gasteiger partial charge < -0.3 is 5.73 Å². The lowest BCUT2D eigenvalue weighted by Gasteiger charge is -2.52. The molecular formula is C26H40N3+. The van der Waals surface area contributed by atoms with Crippen LogP contribution >= 0.6 is 0 Å². The van der Waals surface area contributed by atoms with Crippen LogP contribution in [0.25, 0.3) is 0 Å². The van der Waals surface area contributed by atoms with Crippen LogP contribution in [0.1, 0.15) is 43.7 Å². The molecule has 3 atom stereocenters. The standard InChI is InChI=1S/C26H40N3/c1-23-22-26(15-18-27)17-21-29(23,20-16-25-12-7-4-8-13-25)28(2)19-9-14-24-10-5-3-6-11-24/h3-8,10-13,23,26H,9,14-22,27H2,1-2H3/q+1. The van der Waals surface area contributed by atoms with Crippen molar-refractivity contribution in [3.8, 4) is 0 Å². The average Bonchev–Trinajstić information content (AvgIpc) is 2.75. The Labute approximate surface area is 178 Å². The van der Waals surface area contributed by atoms with Crippen molar-refractivity contribution < 1.29 is 4.59 Å². The van der Waals surface area contributed by atoms with Gasteiger partial charge in [-0.3, -0.25) is 0 Å². The Kier molecular flexibility index (Phi) is 8.29. The van der Waals surface area contributed by atoms with Crippen LogP contribution in [0.4, 0.5) is 0 Å². The first kappa shape index (κ1) is 22.0. The number of likely N-dealkylation sites (tertiary alicyclic amines) is 1. The van der Waals surface area contributed by atoms with Gasteiger partial charge >= 0.3 is 0 Å². The first-order chi connectivity index (χ1) is 14.1. The summed E-state index contributed by atoms with van der Waals surface area (Å²) in [4.78, 5) is 0. The normalized spacial score (nSPS) is 24.7. The van der Waals surface area contributed by atoms with E-state index < -0.39 is 0 Å². The Bertz CT molecular complexity index is 702. The second-order valence-corrected chi connectivity index (χ2v) is 8.96. The summed E-state index contributed by atoms with van der Waals surface area (Å²) in [6.45, 7) is 6.90. The quantitative estimate of drug-likeness (QED) is 0.593. The maximum Gasteiger partial charge on any atom is 0.104 e. The largest absolute Gasteiger partial charge is 0.330 e. The molecular weight excluding hydrogens is 354 g/mol. The minimum atomic E-state index is 0.658. The van der Waals surface area contributed by atoms with Crippen molar-refractivity contribution in [2.45, 2.75) is 51.5 Å². The van der Waals surface area contributed by atoms with Crippen LogP contribution in [-0.4, -0.2) is 48.9 Å². The predicted molar refractivity (Wildman–Crippen MR) is 123 cm³/mol. The number of nitrogens with two attached hydrogens (primary N) is 1. The van der Waals surface area contributed by atoms with E-state index in [4.69, 9.17) is 5.73 Å². The van der Waals surface area contributed by atoms with Crippen LogP contribution in [0.3, 0.4) is 0 Å². The molecule has 3 nitrogen and oxygen atoms in total. The molecule has 0 aromatic heterocycles. The van der Waals surface area contributed by atoms with E-state index in [1.807, 2.05) is 0 Å². The third kappa shape index (κ3) is 5.91. The Hall–Kier alpha value is -1.68. The molecule has 0 spiro atoms. The van der Waals surface area contributed by atoms with Crippen LogP contribution in [-0.2, 0) is 12.8 Å². The Morgan fingerprint density at radius 1 is 0.966 bits per heavy atom. The monoisotopic (exact) mass is 394 g/mol. The number of rotatable bonds is 10. The molecule has 3 heteroatoms. The molecule has 1 saturated heterocycles. The van der Waals surface area contributed by atoms with E-state index in [1.165, 1.54) is 49.9 Å². The zero-order chi connectivity index (χ0) is 20.5. The van der Waals surface area contributed by atoms with Crippen LogP contribution in [0.15, 0.2) is 60.7 Å². The van der Waals surface area contributed by atoms with Gasteiger partial charge in [0.2, 0.25) is 0 Å². The second kappa shape index (κ2) is 10.9. The Morgan fingerprint density at radius 3 is 2.17 bits per heavy atom. The summed E-state index contributed by atoms with van der Waals surface area (Å²) in [5.74, 6) is 0.802. The number of piperidine rings is 1. The molecule has 0 bridgehead atoms. The summed E-state index contributed by atoms with van der Waals surface area (Å²) >= 11 is 0. The van der Waals surface area contributed by atoms with Crippen LogP contribution in [0.2, 0.25) is 0 Å². The summed E-state index contributed by atoms with van der Waals surface area (Å²) in [6.07, 6.45) is 7.31. The number of hydrogen-bond donors (Lipinski definition) is 1. The molecule has 2 N–H and O–H groups in total. The topological polar surface area (TPSA) is 29.3 Å². The number of nitrogens with zero attached hydrogens (tertiary/aromatic N) is 2. The van der Waals surface area contributed by atoms with Gasteiger partial charge in [0.25, 0.3) is 0 Å². The second-order valence-electron chi connectivity index (χ2n) is 8.96. The SMILES string of the molecule is CC1CC(CCN)CC[N+]1(CCc1ccccc1)N(C)CCCc1ccccc1. The zero-order valence-electron chi connectivity index (χ0n) is 18.5. The zero-order valence-corrected chi connectivity index (χ0v) is 18.5. The molecule has 2 aromatic carbocycles. The maximum atomic E-state index is 5.87. The van der Waals surface area contributed by atoms with Gasteiger partial charge in [-0.15, -0.1) is 0 Å². The van der Waals surface area contributed by atoms with Crippen LogP contribution < -0.4 is 5.73 Å². The minimum absolute atomic E-state index is 0.658. The molecule has 0 radical (unpaired) electrons. The molecule has 0 amide bonds. The fourth-order valence-electron chi connectivity index (χ4n) is 5.25. The van der Waals surface area contributed by atoms with Gasteiger partial charge in [0, 0.05) is 32.9 Å². The number of aryl methyl sites for hydroxylation is 1. The molecule has 1 aliphatic rings. The molecule has 1 heterocycles. The lowest BCUT2D eigenvalue weighted by molar-refractivity contribution is -1.05. The average molecular weight is 395 g/mol. The highest BCUT2D eigenvalue weighted by Crippen LogP contribution is 2.33. The van der Waals surface area contributed by atoms with E-state index in [2.05, 4.69) is 79.6 Å². The molecule has 158 valence electrons. The smallest absolute Gasteiger partial charge is 0.104 e. The van der Waals surface area contributed by atoms with Crippen molar-refractivity contribution in [2.75, 3.05) is 33.2 Å². The summed E-state index contributed by atoms with van der Waals surface area (Å²) in [7, 11) is 2.36. The van der Waals surface area contributed by atoms with Gasteiger partial charge in [-0.05, 0) is 49.8 Å². The Balaban J connectivity index is 1.66. The predicted octanol–water partition coefficient (Wildman–Crippen LogP) is 4.67. The van der Waals surface area contributed by atoms with Crippen LogP contribution in [0, 0.1) is 5.92 Å². The molecule has 0 saturated carbocycles. The van der Waals surface area contributed by atoms with E-state index in [-0.39, 0.29) is 0 Å². The molecule has 0 aliphatic carbocycles. The first-order valence-electron chi connectivity index (χ1n) is 11.5. The molecule has 3 rings (SSSR count). The highest BCUT2D eigenvalue weighted by molar-refractivity contribution is 5.15. The van der Waals surface area contributed by atoms with Crippen molar-refractivity contribution in [3.05, 3.63) is 71.8 Å². The molecule has 3 unspecified atom stereocenters. The summed E-state index contributed by atoms with van der Waals surface area (Å²) in [5.41, 5.74) is 8.78. The van der Waals surface area contributed by atoms with E-state index in [1.54, 1.807) is 0 Å². The Morgan fingerprint density at radius 2 is 1.59 bits per heavy atom. The highest BCUT2D eigenvalue weighted by Gasteiger charge is 2.43. The highest BCUT2D eigenvalue weighted by atomic mass is 15.8. The fourth-order valence-corrected chi connectivity index (χ4v) is 5.25. The molecule has 1 aliphatic heterocycles. The summed E-state index contributed by atoms with van der Waals surface area (Å²) in [6, 6.07) is 22.6. The van der Waals surface area contributed by atoms with Crippen molar-refractivity contribution in [2.24, 2.45) is 11.7 Å². The third-order valence-corrected chi connectivity index (χ3v) is 7.09. The van der Waals surface area contributed by atoms with Gasteiger partial charge in [0.05, 0.1) is 6.54 Å². The first-order valence-corrected chi connectivity index (χ1v) is 11.5. The molecule has 2 aromatic rings. The van der Waals surface area contributed by atoms with Gasteiger partial charge in [-0.1, -0.05) is 60.7 Å². The van der Waals surface area contributed by atoms with Gasteiger partial charge in [0.1, 0.15) is 12.6 Å². The lowest BCUT2D eigenvalue weighted by Crippen LogP contribution is -2.67. The fraction of sp³-hybridized carbons (Fsp3) is 0.538. The summed E-state index contributed by atoms with van der Waals surface area (Å²) in [5, 5.41) is 2.66. The molecule has 1 fully saturated rings. The lowest BCUT2D eigenvalue weighted by atomic mass is 9.87. The number of benzene rings is 2. The van der Waals surface area contributed by atoms with Gasteiger partial charge in [-0.25, -0.2) is 4.59 Å². The van der Waals surface area contributed by atoms with Crippen LogP contribution in [0.5, 0.6) is 0 Å². The van der Waals surface area contributed by atoms with Gasteiger partial charge in [0.15, 0.2) is 0 Å². The van der Waals surface area contributed by atoms with E-state index in [0.29, 0.717) is 6.04 Å². The van der Waals surface area contributed by atoms with E-state index >= 15 is 0 Å². The van der Waals surface area contributed by atoms with Gasteiger partial charge in [-0.2, -0.15) is 5.01 Å². The van der Waals surface area contributed by atoms with Crippen molar-refractivity contribution in [1.82, 2.24) is 5.01 Å². The van der Waals surface area contributed by atoms with Crippen molar-refractivity contribution >= 4 is 0 Å². The number of hydrogen-bond acceptors (Lipinski definition) is 2. The molecule has 29 heavy (non-hydrogen) atoms. The summed E-state index contributed by atoms with van der Waals surface area (Å²) < 4.78 is 1.13. The maximum absolute atomic E-state index is 5.87. The number of quaternary nitrogens is 1. The minimum Gasteiger partial charge on any atom is -0.330 e. The van der Waals surface area contributed by atoms with E-state index in [0.717, 1.165) is 36.4 Å².